The second kappa shape index (κ2) is 8.10. The number of aliphatic hydroxyl groups excluding tert-OH is 1. The number of benzene rings is 1. The van der Waals surface area contributed by atoms with Crippen LogP contribution in [0.4, 0.5) is 0 Å². The smallest absolute Gasteiger partial charge is 0.224 e. The molecule has 1 unspecified atom stereocenters. The summed E-state index contributed by atoms with van der Waals surface area (Å²) >= 11 is 0. The lowest BCUT2D eigenvalue weighted by molar-refractivity contribution is -0.121. The molecule has 5 heteroatoms. The predicted molar refractivity (Wildman–Crippen MR) is 92.6 cm³/mol. The Balaban J connectivity index is 1.55. The summed E-state index contributed by atoms with van der Waals surface area (Å²) in [6, 6.07) is 8.60. The molecule has 1 amide bonds. The number of rotatable bonds is 6. The number of hydrogen-bond acceptors (Lipinski definition) is 4. The molecule has 1 saturated heterocycles. The van der Waals surface area contributed by atoms with Crippen molar-refractivity contribution in [3.8, 4) is 0 Å². The summed E-state index contributed by atoms with van der Waals surface area (Å²) in [6.45, 7) is 2.25. The Morgan fingerprint density at radius 2 is 2.17 bits per heavy atom. The first-order valence-corrected chi connectivity index (χ1v) is 8.94. The average Bonchev–Trinajstić information content (AvgIpc) is 3.16. The highest BCUT2D eigenvalue weighted by Gasteiger charge is 2.36. The van der Waals surface area contributed by atoms with Crippen LogP contribution in [0, 0.1) is 0 Å². The number of ether oxygens (including phenoxy) is 1. The van der Waals surface area contributed by atoms with Crippen LogP contribution in [0.15, 0.2) is 24.3 Å². The maximum absolute atomic E-state index is 12.5. The van der Waals surface area contributed by atoms with Crippen molar-refractivity contribution >= 4 is 5.91 Å². The normalized spacial score (nSPS) is 27.5. The zero-order valence-electron chi connectivity index (χ0n) is 14.4. The lowest BCUT2D eigenvalue weighted by Gasteiger charge is -2.29. The molecule has 2 N–H and O–H groups in total. The van der Waals surface area contributed by atoms with Crippen molar-refractivity contribution in [2.24, 2.45) is 0 Å². The van der Waals surface area contributed by atoms with Crippen LogP contribution in [-0.4, -0.2) is 54.3 Å². The Morgan fingerprint density at radius 3 is 2.92 bits per heavy atom. The van der Waals surface area contributed by atoms with Gasteiger partial charge in [0, 0.05) is 32.3 Å². The van der Waals surface area contributed by atoms with Crippen molar-refractivity contribution in [1.29, 1.82) is 0 Å². The fraction of sp³-hybridized carbons (Fsp3) is 0.632. The highest BCUT2D eigenvalue weighted by atomic mass is 16.5. The van der Waals surface area contributed by atoms with E-state index in [1.54, 1.807) is 7.11 Å². The fourth-order valence-electron chi connectivity index (χ4n) is 4.05. The molecule has 1 aliphatic carbocycles. The molecular weight excluding hydrogens is 304 g/mol. The van der Waals surface area contributed by atoms with Crippen LogP contribution in [0.5, 0.6) is 0 Å². The maximum Gasteiger partial charge on any atom is 0.224 e. The number of carbonyl (C=O) groups excluding carboxylic acids is 1. The number of aliphatic hydroxyl groups is 1. The third-order valence-corrected chi connectivity index (χ3v) is 5.16. The Bertz CT molecular complexity index is 563. The van der Waals surface area contributed by atoms with E-state index in [-0.39, 0.29) is 18.1 Å². The van der Waals surface area contributed by atoms with Crippen molar-refractivity contribution in [2.45, 2.75) is 56.9 Å². The largest absolute Gasteiger partial charge is 0.392 e. The van der Waals surface area contributed by atoms with Crippen molar-refractivity contribution in [3.63, 3.8) is 0 Å². The minimum atomic E-state index is -0.203. The summed E-state index contributed by atoms with van der Waals surface area (Å²) in [7, 11) is 1.68. The molecule has 0 radical (unpaired) electrons. The molecule has 1 aromatic rings. The number of hydrogen-bond donors (Lipinski definition) is 2. The van der Waals surface area contributed by atoms with Gasteiger partial charge in [-0.3, -0.25) is 9.69 Å². The van der Waals surface area contributed by atoms with Crippen molar-refractivity contribution < 1.29 is 14.6 Å². The van der Waals surface area contributed by atoms with E-state index in [0.29, 0.717) is 19.1 Å². The van der Waals surface area contributed by atoms with Crippen LogP contribution in [0.2, 0.25) is 0 Å². The Labute approximate surface area is 144 Å². The summed E-state index contributed by atoms with van der Waals surface area (Å²) in [5, 5.41) is 13.0. The van der Waals surface area contributed by atoms with Crippen molar-refractivity contribution in [2.75, 3.05) is 20.2 Å². The van der Waals surface area contributed by atoms with E-state index in [4.69, 9.17) is 4.74 Å². The van der Waals surface area contributed by atoms with Gasteiger partial charge in [-0.1, -0.05) is 24.3 Å². The van der Waals surface area contributed by atoms with E-state index in [1.165, 1.54) is 0 Å². The first-order chi connectivity index (χ1) is 11.7. The molecule has 1 heterocycles. The molecule has 0 bridgehead atoms. The number of β-amino-alcohol motifs (C(OH)–C–C–N with tert-alkyl or cyclic N) is 1. The van der Waals surface area contributed by atoms with Crippen LogP contribution in [0.3, 0.4) is 0 Å². The van der Waals surface area contributed by atoms with Crippen LogP contribution in [0.25, 0.3) is 0 Å². The van der Waals surface area contributed by atoms with Crippen molar-refractivity contribution in [1.82, 2.24) is 10.2 Å². The zero-order valence-corrected chi connectivity index (χ0v) is 14.4. The zero-order chi connectivity index (χ0) is 16.9. The summed E-state index contributed by atoms with van der Waals surface area (Å²) in [6.07, 6.45) is 4.34. The minimum absolute atomic E-state index is 0.0845. The van der Waals surface area contributed by atoms with E-state index in [2.05, 4.69) is 10.2 Å². The summed E-state index contributed by atoms with van der Waals surface area (Å²) in [5.41, 5.74) is 2.11. The molecule has 2 fully saturated rings. The molecule has 0 aromatic heterocycles. The minimum Gasteiger partial charge on any atom is -0.392 e. The third kappa shape index (κ3) is 4.35. The van der Waals surface area contributed by atoms with Gasteiger partial charge in [0.1, 0.15) is 0 Å². The molecule has 0 spiro atoms. The van der Waals surface area contributed by atoms with Crippen LogP contribution < -0.4 is 5.32 Å². The summed E-state index contributed by atoms with van der Waals surface area (Å²) in [5.74, 6) is 0.0845. The molecule has 2 aliphatic rings. The van der Waals surface area contributed by atoms with Gasteiger partial charge < -0.3 is 15.2 Å². The van der Waals surface area contributed by atoms with Gasteiger partial charge in [-0.2, -0.15) is 0 Å². The van der Waals surface area contributed by atoms with E-state index >= 15 is 0 Å². The topological polar surface area (TPSA) is 61.8 Å². The van der Waals surface area contributed by atoms with Gasteiger partial charge in [0.15, 0.2) is 0 Å². The first kappa shape index (κ1) is 17.4. The molecule has 24 heavy (non-hydrogen) atoms. The van der Waals surface area contributed by atoms with Gasteiger partial charge in [0.05, 0.1) is 19.1 Å². The molecule has 132 valence electrons. The Kier molecular flexibility index (Phi) is 5.87. The number of carbonyl (C=O) groups is 1. The highest BCUT2D eigenvalue weighted by Crippen LogP contribution is 2.27. The highest BCUT2D eigenvalue weighted by molar-refractivity contribution is 5.79. The predicted octanol–water partition coefficient (Wildman–Crippen LogP) is 1.48. The molecule has 1 aromatic carbocycles. The van der Waals surface area contributed by atoms with E-state index in [1.807, 2.05) is 24.3 Å². The maximum atomic E-state index is 12.5. The number of nitrogens with zero attached hydrogens (tertiary/aromatic N) is 1. The number of nitrogens with one attached hydrogen (secondary N) is 1. The molecule has 1 aliphatic heterocycles. The van der Waals surface area contributed by atoms with Gasteiger partial charge in [-0.05, 0) is 36.8 Å². The van der Waals surface area contributed by atoms with Gasteiger partial charge >= 0.3 is 0 Å². The number of likely N-dealkylation sites (tertiary alicyclic amines) is 1. The van der Waals surface area contributed by atoms with Crippen molar-refractivity contribution in [3.05, 3.63) is 35.4 Å². The quantitative estimate of drug-likeness (QED) is 0.828. The lowest BCUT2D eigenvalue weighted by atomic mass is 10.1. The van der Waals surface area contributed by atoms with Gasteiger partial charge in [0.2, 0.25) is 5.91 Å². The second-order valence-corrected chi connectivity index (χ2v) is 7.04. The molecule has 1 saturated carbocycles. The second-order valence-electron chi connectivity index (χ2n) is 7.04. The lowest BCUT2D eigenvalue weighted by Crippen LogP contribution is -2.48. The van der Waals surface area contributed by atoms with Gasteiger partial charge in [-0.25, -0.2) is 0 Å². The Morgan fingerprint density at radius 1 is 1.33 bits per heavy atom. The van der Waals surface area contributed by atoms with Gasteiger partial charge in [-0.15, -0.1) is 0 Å². The van der Waals surface area contributed by atoms with E-state index < -0.39 is 0 Å². The standard InChI is InChI=1S/C19H28N2O3/c1-24-13-15-5-2-4-14(10-15)11-19(23)20-17-6-3-7-18(17)21-9-8-16(22)12-21/h2,4-5,10,16-18,22H,3,6-9,11-13H2,1H3,(H,20,23)/t16?,17-,18+/m1/s1. The third-order valence-electron chi connectivity index (χ3n) is 5.16. The number of methoxy groups -OCH3 is 1. The molecule has 5 nitrogen and oxygen atoms in total. The average molecular weight is 332 g/mol. The van der Waals surface area contributed by atoms with E-state index in [9.17, 15) is 9.90 Å². The summed E-state index contributed by atoms with van der Waals surface area (Å²) in [4.78, 5) is 14.8. The van der Waals surface area contributed by atoms with Crippen LogP contribution >= 0.6 is 0 Å². The van der Waals surface area contributed by atoms with Crippen LogP contribution in [-0.2, 0) is 22.6 Å². The fourth-order valence-corrected chi connectivity index (χ4v) is 4.05. The molecular formula is C19H28N2O3. The monoisotopic (exact) mass is 332 g/mol. The Hall–Kier alpha value is -1.43. The first-order valence-electron chi connectivity index (χ1n) is 8.94. The SMILES string of the molecule is COCc1cccc(CC(=O)N[C@@H]2CCC[C@@H]2N2CCC(O)C2)c1. The van der Waals surface area contributed by atoms with Gasteiger partial charge in [0.25, 0.3) is 0 Å². The van der Waals surface area contributed by atoms with Crippen LogP contribution in [0.1, 0.15) is 36.8 Å². The summed E-state index contributed by atoms with van der Waals surface area (Å²) < 4.78 is 5.15. The van der Waals surface area contributed by atoms with E-state index in [0.717, 1.165) is 49.9 Å². The molecule has 3 atom stereocenters. The molecule has 3 rings (SSSR count). The number of amides is 1.